The number of fused-ring (bicyclic) bond motifs is 2. The minimum atomic E-state index is 0.432. The van der Waals surface area contributed by atoms with E-state index < -0.39 is 0 Å². The molecule has 2 heterocycles. The van der Waals surface area contributed by atoms with Gasteiger partial charge in [0.25, 0.3) is 0 Å². The minimum Gasteiger partial charge on any atom is -0.371 e. The summed E-state index contributed by atoms with van der Waals surface area (Å²) >= 11 is 3.58. The lowest BCUT2D eigenvalue weighted by molar-refractivity contribution is 0.0305. The van der Waals surface area contributed by atoms with Crippen molar-refractivity contribution in [2.75, 3.05) is 18.0 Å². The van der Waals surface area contributed by atoms with Crippen molar-refractivity contribution in [1.29, 1.82) is 0 Å². The second-order valence-electron chi connectivity index (χ2n) is 4.84. The van der Waals surface area contributed by atoms with Crippen molar-refractivity contribution in [3.63, 3.8) is 0 Å². The van der Waals surface area contributed by atoms with Crippen molar-refractivity contribution >= 4 is 21.6 Å². The van der Waals surface area contributed by atoms with Gasteiger partial charge >= 0.3 is 0 Å². The van der Waals surface area contributed by atoms with Crippen LogP contribution in [0.25, 0.3) is 0 Å². The maximum atomic E-state index is 5.85. The molecule has 2 atom stereocenters. The van der Waals surface area contributed by atoms with Crippen molar-refractivity contribution in [3.05, 3.63) is 28.2 Å². The number of morpholine rings is 1. The Bertz CT molecular complexity index is 412. The monoisotopic (exact) mass is 296 g/mol. The van der Waals surface area contributed by atoms with Gasteiger partial charge in [0.05, 0.1) is 12.2 Å². The van der Waals surface area contributed by atoms with E-state index in [-0.39, 0.29) is 0 Å². The zero-order valence-corrected chi connectivity index (χ0v) is 11.3. The second-order valence-corrected chi connectivity index (χ2v) is 5.70. The zero-order valence-electron chi connectivity index (χ0n) is 9.73. The maximum absolute atomic E-state index is 5.85. The van der Waals surface area contributed by atoms with E-state index in [0.717, 1.165) is 23.1 Å². The molecule has 2 aliphatic heterocycles. The Morgan fingerprint density at radius 3 is 2.59 bits per heavy atom. The maximum Gasteiger partial charge on any atom is 0.0755 e. The van der Waals surface area contributed by atoms with Crippen LogP contribution in [0.4, 0.5) is 5.69 Å². The number of hydrogen-bond donors (Lipinski definition) is 1. The van der Waals surface area contributed by atoms with Crippen molar-refractivity contribution in [2.24, 2.45) is 5.73 Å². The van der Waals surface area contributed by atoms with Crippen LogP contribution in [0.2, 0.25) is 0 Å². The Balaban J connectivity index is 1.82. The fraction of sp³-hybridized carbons (Fsp3) is 0.538. The van der Waals surface area contributed by atoms with Crippen molar-refractivity contribution in [3.8, 4) is 0 Å². The normalized spacial score (nSPS) is 27.5. The smallest absolute Gasteiger partial charge is 0.0755 e. The summed E-state index contributed by atoms with van der Waals surface area (Å²) in [6.45, 7) is 2.62. The molecule has 0 spiro atoms. The van der Waals surface area contributed by atoms with Gasteiger partial charge in [-0.05, 0) is 30.5 Å². The number of nitrogens with zero attached hydrogens (tertiary/aromatic N) is 1. The third-order valence-corrected chi connectivity index (χ3v) is 4.40. The fourth-order valence-electron chi connectivity index (χ4n) is 2.72. The summed E-state index contributed by atoms with van der Waals surface area (Å²) in [5.41, 5.74) is 8.10. The van der Waals surface area contributed by atoms with Crippen LogP contribution in [0.15, 0.2) is 22.7 Å². The summed E-state index contributed by atoms with van der Waals surface area (Å²) < 4.78 is 6.96. The Morgan fingerprint density at radius 1 is 1.29 bits per heavy atom. The summed E-state index contributed by atoms with van der Waals surface area (Å²) in [6.07, 6.45) is 3.29. The van der Waals surface area contributed by atoms with E-state index in [1.807, 2.05) is 0 Å². The highest BCUT2D eigenvalue weighted by Crippen LogP contribution is 2.31. The summed E-state index contributed by atoms with van der Waals surface area (Å²) in [5.74, 6) is 0. The van der Waals surface area contributed by atoms with Gasteiger partial charge in [-0.1, -0.05) is 22.0 Å². The molecule has 0 aliphatic carbocycles. The van der Waals surface area contributed by atoms with E-state index >= 15 is 0 Å². The Hall–Kier alpha value is -0.580. The zero-order chi connectivity index (χ0) is 11.8. The third kappa shape index (κ3) is 2.21. The molecule has 2 bridgehead atoms. The highest BCUT2D eigenvalue weighted by Gasteiger charge is 2.33. The highest BCUT2D eigenvalue weighted by atomic mass is 79.9. The minimum absolute atomic E-state index is 0.432. The molecule has 2 unspecified atom stereocenters. The average Bonchev–Trinajstić information content (AvgIpc) is 2.68. The molecular weight excluding hydrogens is 280 g/mol. The molecule has 92 valence electrons. The number of rotatable bonds is 2. The van der Waals surface area contributed by atoms with Gasteiger partial charge in [-0.25, -0.2) is 0 Å². The van der Waals surface area contributed by atoms with Crippen molar-refractivity contribution < 1.29 is 4.74 Å². The fourth-order valence-corrected chi connectivity index (χ4v) is 3.25. The molecule has 0 aromatic heterocycles. The van der Waals surface area contributed by atoms with E-state index in [1.54, 1.807) is 0 Å². The summed E-state index contributed by atoms with van der Waals surface area (Å²) in [7, 11) is 0. The standard InChI is InChI=1S/C13H17BrN2O/c14-13-5-10(2-1-9(13)6-15)16-7-11-3-4-12(8-16)17-11/h1-2,5,11-12H,3-4,6-8,15H2. The first-order valence-corrected chi connectivity index (χ1v) is 6.94. The van der Waals surface area contributed by atoms with Crippen LogP contribution in [0.1, 0.15) is 18.4 Å². The molecule has 0 saturated carbocycles. The predicted molar refractivity (Wildman–Crippen MR) is 72.1 cm³/mol. The number of nitrogens with two attached hydrogens (primary N) is 1. The number of ether oxygens (including phenoxy) is 1. The SMILES string of the molecule is NCc1ccc(N2CC3CCC(C2)O3)cc1Br. The molecule has 3 nitrogen and oxygen atoms in total. The molecule has 1 aromatic rings. The van der Waals surface area contributed by atoms with Crippen LogP contribution in [0.3, 0.4) is 0 Å². The lowest BCUT2D eigenvalue weighted by atomic mass is 10.2. The molecule has 3 rings (SSSR count). The molecule has 0 amide bonds. The molecule has 2 saturated heterocycles. The number of benzene rings is 1. The van der Waals surface area contributed by atoms with E-state index in [1.165, 1.54) is 18.5 Å². The second kappa shape index (κ2) is 4.59. The molecule has 0 radical (unpaired) electrons. The lowest BCUT2D eigenvalue weighted by Crippen LogP contribution is -2.42. The topological polar surface area (TPSA) is 38.5 Å². The van der Waals surface area contributed by atoms with Crippen LogP contribution in [0.5, 0.6) is 0 Å². The first kappa shape index (κ1) is 11.5. The quantitative estimate of drug-likeness (QED) is 0.910. The third-order valence-electron chi connectivity index (χ3n) is 3.67. The van der Waals surface area contributed by atoms with Gasteiger partial charge < -0.3 is 15.4 Å². The van der Waals surface area contributed by atoms with E-state index in [9.17, 15) is 0 Å². The first-order chi connectivity index (χ1) is 8.26. The van der Waals surface area contributed by atoms with Gasteiger partial charge in [-0.15, -0.1) is 0 Å². The predicted octanol–water partition coefficient (Wildman–Crippen LogP) is 2.28. The molecule has 17 heavy (non-hydrogen) atoms. The van der Waals surface area contributed by atoms with Crippen LogP contribution in [-0.4, -0.2) is 25.3 Å². The highest BCUT2D eigenvalue weighted by molar-refractivity contribution is 9.10. The number of anilines is 1. The number of hydrogen-bond acceptors (Lipinski definition) is 3. The lowest BCUT2D eigenvalue weighted by Gasteiger charge is -2.34. The van der Waals surface area contributed by atoms with Crippen LogP contribution >= 0.6 is 15.9 Å². The summed E-state index contributed by atoms with van der Waals surface area (Å²) in [4.78, 5) is 2.43. The first-order valence-electron chi connectivity index (χ1n) is 6.15. The van der Waals surface area contributed by atoms with Gasteiger partial charge in [0.15, 0.2) is 0 Å². The number of halogens is 1. The van der Waals surface area contributed by atoms with E-state index in [0.29, 0.717) is 18.8 Å². The van der Waals surface area contributed by atoms with E-state index in [2.05, 4.69) is 39.0 Å². The molecule has 2 aliphatic rings. The van der Waals surface area contributed by atoms with Gasteiger partial charge in [-0.3, -0.25) is 0 Å². The van der Waals surface area contributed by atoms with Crippen molar-refractivity contribution in [1.82, 2.24) is 0 Å². The van der Waals surface area contributed by atoms with Gasteiger partial charge in [0.2, 0.25) is 0 Å². The summed E-state index contributed by atoms with van der Waals surface area (Å²) in [5, 5.41) is 0. The van der Waals surface area contributed by atoms with Gasteiger partial charge in [-0.2, -0.15) is 0 Å². The molecule has 2 N–H and O–H groups in total. The van der Waals surface area contributed by atoms with Crippen LogP contribution in [0, 0.1) is 0 Å². The van der Waals surface area contributed by atoms with Gasteiger partial charge in [0.1, 0.15) is 0 Å². The van der Waals surface area contributed by atoms with Gasteiger partial charge in [0, 0.05) is 29.8 Å². The Kier molecular flexibility index (Phi) is 3.11. The summed E-state index contributed by atoms with van der Waals surface area (Å²) in [6, 6.07) is 6.45. The van der Waals surface area contributed by atoms with Crippen molar-refractivity contribution in [2.45, 2.75) is 31.6 Å². The average molecular weight is 297 g/mol. The Labute approximate surface area is 110 Å². The van der Waals surface area contributed by atoms with Crippen LogP contribution in [-0.2, 0) is 11.3 Å². The molecule has 2 fully saturated rings. The largest absolute Gasteiger partial charge is 0.371 e. The Morgan fingerprint density at radius 2 is 2.00 bits per heavy atom. The molecular formula is C13H17BrN2O. The molecule has 4 heteroatoms. The van der Waals surface area contributed by atoms with Crippen LogP contribution < -0.4 is 10.6 Å². The molecule has 1 aromatic carbocycles. The van der Waals surface area contributed by atoms with E-state index in [4.69, 9.17) is 10.5 Å².